The molecular formula is C30H32F3N5O2. The van der Waals surface area contributed by atoms with Gasteiger partial charge in [0.05, 0.1) is 24.0 Å². The molecule has 0 atom stereocenters. The molecule has 0 fully saturated rings. The Bertz CT molecular complexity index is 1560. The van der Waals surface area contributed by atoms with Gasteiger partial charge >= 0.3 is 6.18 Å². The van der Waals surface area contributed by atoms with Crippen LogP contribution in [0.15, 0.2) is 54.9 Å². The van der Waals surface area contributed by atoms with Gasteiger partial charge < -0.3 is 16.0 Å². The molecule has 0 bridgehead atoms. The number of aryl methyl sites for hydroxylation is 2. The highest BCUT2D eigenvalue weighted by molar-refractivity contribution is 5.97. The number of hydrogen-bond donors (Lipinski definition) is 3. The zero-order valence-corrected chi connectivity index (χ0v) is 22.9. The lowest BCUT2D eigenvalue weighted by molar-refractivity contribution is -0.131. The van der Waals surface area contributed by atoms with Crippen molar-refractivity contribution in [3.63, 3.8) is 0 Å². The minimum absolute atomic E-state index is 0.158. The molecule has 3 N–H and O–H groups in total. The quantitative estimate of drug-likeness (QED) is 0.233. The number of anilines is 1. The number of nitrogens with one attached hydrogen (secondary N) is 3. The molecule has 4 aromatic rings. The Morgan fingerprint density at radius 1 is 0.850 bits per heavy atom. The number of hydrogen-bond acceptors (Lipinski definition) is 4. The molecule has 0 aliphatic heterocycles. The molecule has 0 aliphatic carbocycles. The van der Waals surface area contributed by atoms with Crippen molar-refractivity contribution in [1.29, 1.82) is 0 Å². The largest absolute Gasteiger partial charge is 0.390 e. The van der Waals surface area contributed by atoms with Crippen LogP contribution in [0.5, 0.6) is 0 Å². The zero-order valence-electron chi connectivity index (χ0n) is 22.9. The third-order valence-corrected chi connectivity index (χ3v) is 6.58. The predicted molar refractivity (Wildman–Crippen MR) is 151 cm³/mol. The first-order valence-corrected chi connectivity index (χ1v) is 13.1. The molecule has 10 heteroatoms. The summed E-state index contributed by atoms with van der Waals surface area (Å²) in [5.74, 6) is -0.325. The van der Waals surface area contributed by atoms with Gasteiger partial charge in [0, 0.05) is 48.1 Å². The summed E-state index contributed by atoms with van der Waals surface area (Å²) >= 11 is 0. The summed E-state index contributed by atoms with van der Waals surface area (Å²) < 4.78 is 40.5. The first-order valence-electron chi connectivity index (χ1n) is 13.1. The van der Waals surface area contributed by atoms with Crippen LogP contribution in [0.4, 0.5) is 18.9 Å². The maximum atomic E-state index is 12.9. The number of alkyl halides is 3. The van der Waals surface area contributed by atoms with Gasteiger partial charge in [0.25, 0.3) is 11.8 Å². The van der Waals surface area contributed by atoms with Gasteiger partial charge in [-0.15, -0.1) is 0 Å². The maximum absolute atomic E-state index is 12.9. The molecule has 0 radical (unpaired) electrons. The van der Waals surface area contributed by atoms with E-state index in [1.807, 2.05) is 62.6 Å². The highest BCUT2D eigenvalue weighted by Gasteiger charge is 2.26. The Kier molecular flexibility index (Phi) is 8.46. The molecule has 210 valence electrons. The highest BCUT2D eigenvalue weighted by Crippen LogP contribution is 2.32. The van der Waals surface area contributed by atoms with Crippen molar-refractivity contribution in [2.45, 2.75) is 40.3 Å². The molecule has 2 amide bonds. The summed E-state index contributed by atoms with van der Waals surface area (Å²) in [5, 5.41) is 8.51. The molecule has 2 heterocycles. The van der Waals surface area contributed by atoms with Crippen LogP contribution in [0.25, 0.3) is 28.0 Å². The third kappa shape index (κ3) is 6.27. The van der Waals surface area contributed by atoms with Crippen molar-refractivity contribution in [3.8, 4) is 22.4 Å². The molecule has 4 rings (SSSR count). The van der Waals surface area contributed by atoms with Crippen LogP contribution in [0.1, 0.15) is 52.1 Å². The molecule has 7 nitrogen and oxygen atoms in total. The lowest BCUT2D eigenvalue weighted by Crippen LogP contribution is -2.23. The number of carbonyl (C=O) groups excluding carboxylic acids is 2. The van der Waals surface area contributed by atoms with Gasteiger partial charge in [-0.25, -0.2) is 4.98 Å². The number of imidazole rings is 1. The lowest BCUT2D eigenvalue weighted by Gasteiger charge is -2.15. The smallest absolute Gasteiger partial charge is 0.382 e. The lowest BCUT2D eigenvalue weighted by atomic mass is 10.00. The first kappa shape index (κ1) is 28.7. The van der Waals surface area contributed by atoms with E-state index in [2.05, 4.69) is 20.9 Å². The molecular weight excluding hydrogens is 519 g/mol. The van der Waals surface area contributed by atoms with Crippen LogP contribution in [0, 0.1) is 13.8 Å². The van der Waals surface area contributed by atoms with Gasteiger partial charge in [-0.2, -0.15) is 13.2 Å². The zero-order chi connectivity index (χ0) is 29.0. The summed E-state index contributed by atoms with van der Waals surface area (Å²) in [4.78, 5) is 29.3. The number of fused-ring (bicyclic) bond motifs is 1. The Morgan fingerprint density at radius 2 is 1.43 bits per heavy atom. The number of pyridine rings is 1. The van der Waals surface area contributed by atoms with E-state index in [0.717, 1.165) is 33.5 Å². The molecule has 0 aliphatic rings. The monoisotopic (exact) mass is 551 g/mol. The average molecular weight is 552 g/mol. The van der Waals surface area contributed by atoms with Crippen molar-refractivity contribution in [2.75, 3.05) is 25.0 Å². The van der Waals surface area contributed by atoms with E-state index >= 15 is 0 Å². The van der Waals surface area contributed by atoms with Crippen LogP contribution in [-0.4, -0.2) is 47.0 Å². The van der Waals surface area contributed by atoms with E-state index in [1.165, 1.54) is 0 Å². The van der Waals surface area contributed by atoms with Gasteiger partial charge in [-0.1, -0.05) is 18.2 Å². The number of halogens is 3. The van der Waals surface area contributed by atoms with Crippen LogP contribution in [0.3, 0.4) is 0 Å². The summed E-state index contributed by atoms with van der Waals surface area (Å²) in [6.07, 6.45) is -1.74. The van der Waals surface area contributed by atoms with Crippen molar-refractivity contribution < 1.29 is 22.8 Å². The topological polar surface area (TPSA) is 87.5 Å². The molecule has 2 aromatic carbocycles. The van der Waals surface area contributed by atoms with Gasteiger partial charge in [0.1, 0.15) is 0 Å². The van der Waals surface area contributed by atoms with Crippen molar-refractivity contribution in [2.24, 2.45) is 0 Å². The maximum Gasteiger partial charge on any atom is 0.390 e. The Labute approximate surface area is 230 Å². The van der Waals surface area contributed by atoms with Crippen molar-refractivity contribution in [3.05, 3.63) is 77.1 Å². The Balaban J connectivity index is 1.81. The number of amides is 2. The van der Waals surface area contributed by atoms with Crippen molar-refractivity contribution in [1.82, 2.24) is 20.0 Å². The van der Waals surface area contributed by atoms with Gasteiger partial charge in [0.2, 0.25) is 0 Å². The molecule has 40 heavy (non-hydrogen) atoms. The van der Waals surface area contributed by atoms with Gasteiger partial charge in [-0.05, 0) is 68.7 Å². The fourth-order valence-corrected chi connectivity index (χ4v) is 4.61. The summed E-state index contributed by atoms with van der Waals surface area (Å²) in [7, 11) is 0. The van der Waals surface area contributed by atoms with E-state index in [9.17, 15) is 22.8 Å². The molecule has 0 unspecified atom stereocenters. The van der Waals surface area contributed by atoms with E-state index in [-0.39, 0.29) is 18.4 Å². The average Bonchev–Trinajstić information content (AvgIpc) is 3.32. The van der Waals surface area contributed by atoms with Gasteiger partial charge in [-0.3, -0.25) is 14.0 Å². The number of carbonyl (C=O) groups is 2. The molecule has 0 saturated carbocycles. The molecule has 0 saturated heterocycles. The van der Waals surface area contributed by atoms with Gasteiger partial charge in [0.15, 0.2) is 5.65 Å². The fourth-order valence-electron chi connectivity index (χ4n) is 4.61. The van der Waals surface area contributed by atoms with Crippen LogP contribution < -0.4 is 16.0 Å². The minimum atomic E-state index is -4.29. The Hall–Kier alpha value is -4.34. The second-order valence-corrected chi connectivity index (χ2v) is 9.55. The van der Waals surface area contributed by atoms with Crippen LogP contribution >= 0.6 is 0 Å². The number of rotatable bonds is 9. The number of nitrogens with zero attached hydrogens (tertiary/aromatic N) is 2. The van der Waals surface area contributed by atoms with E-state index in [0.29, 0.717) is 35.6 Å². The Morgan fingerprint density at radius 3 is 1.98 bits per heavy atom. The molecule has 0 spiro atoms. The van der Waals surface area contributed by atoms with E-state index in [1.54, 1.807) is 24.4 Å². The van der Waals surface area contributed by atoms with E-state index < -0.39 is 12.6 Å². The number of aromatic nitrogens is 2. The second kappa shape index (κ2) is 11.8. The van der Waals surface area contributed by atoms with Crippen LogP contribution in [-0.2, 0) is 0 Å². The highest BCUT2D eigenvalue weighted by atomic mass is 19.4. The second-order valence-electron chi connectivity index (χ2n) is 9.55. The summed E-state index contributed by atoms with van der Waals surface area (Å²) in [6, 6.07) is 12.7. The first-order chi connectivity index (χ1) is 19.0. The normalized spacial score (nSPS) is 11.5. The summed E-state index contributed by atoms with van der Waals surface area (Å²) in [5.41, 5.74) is 6.68. The predicted octanol–water partition coefficient (Wildman–Crippen LogP) is 6.15. The standard InChI is InChI=1S/C30H32F3N5O2/c1-5-34-28(39)23-9-7-20(13-18(23)3)22-15-25(36-12-11-30(31,32)33)27-37-16-26(38(27)17-22)21-8-10-24(19(4)14-21)29(40)35-6-2/h7-10,13-17,36H,5-6,11-12H2,1-4H3,(H,34,39)(H,35,40). The SMILES string of the molecule is CCNC(=O)c1ccc(-c2cc(NCCC(F)(F)F)c3ncc(-c4ccc(C(=O)NCC)c(C)c4)n3c2)cc1C. The minimum Gasteiger partial charge on any atom is -0.382 e. The summed E-state index contributed by atoms with van der Waals surface area (Å²) in [6.45, 7) is 8.12. The third-order valence-electron chi connectivity index (χ3n) is 6.58. The molecule has 2 aromatic heterocycles. The number of benzene rings is 2. The fraction of sp³-hybridized carbons (Fsp3) is 0.300. The van der Waals surface area contributed by atoms with Crippen molar-refractivity contribution >= 4 is 23.1 Å². The van der Waals surface area contributed by atoms with E-state index in [4.69, 9.17) is 0 Å². The van der Waals surface area contributed by atoms with Crippen LogP contribution in [0.2, 0.25) is 0 Å².